The van der Waals surface area contributed by atoms with Gasteiger partial charge in [-0.3, -0.25) is 0 Å². The van der Waals surface area contributed by atoms with Crippen LogP contribution in [0.25, 0.3) is 0 Å². The van der Waals surface area contributed by atoms with Gasteiger partial charge in [-0.25, -0.2) is 0 Å². The zero-order valence-corrected chi connectivity index (χ0v) is 3.94. The van der Waals surface area contributed by atoms with E-state index in [2.05, 4.69) is 15.2 Å². The monoisotopic (exact) mass is 112 g/mol. The second-order valence-corrected chi connectivity index (χ2v) is 1.17. The highest BCUT2D eigenvalue weighted by Gasteiger charge is 1.88. The predicted molar refractivity (Wildman–Crippen MR) is 25.9 cm³/mol. The molecule has 1 heterocycles. The van der Waals surface area contributed by atoms with Crippen LogP contribution in [-0.4, -0.2) is 20.3 Å². The number of nitrogens with zero attached hydrogens (tertiary/aromatic N) is 3. The van der Waals surface area contributed by atoms with Gasteiger partial charge in [-0.05, 0) is 0 Å². The van der Waals surface area contributed by atoms with E-state index in [0.717, 1.165) is 6.20 Å². The molecule has 0 aliphatic rings. The fourth-order valence-corrected chi connectivity index (χ4v) is 0.308. The van der Waals surface area contributed by atoms with E-state index in [1.165, 1.54) is 0 Å². The summed E-state index contributed by atoms with van der Waals surface area (Å²) in [5.41, 5.74) is 5.01. The first kappa shape index (κ1) is 4.76. The number of nitrogens with two attached hydrogens (primary N) is 1. The largest absolute Gasteiger partial charge is 0.492 e. The molecule has 0 bridgehead atoms. The van der Waals surface area contributed by atoms with Crippen LogP contribution in [0.3, 0.4) is 0 Å². The highest BCUT2D eigenvalue weighted by atomic mass is 16.3. The van der Waals surface area contributed by atoms with Crippen molar-refractivity contribution in [2.45, 2.75) is 0 Å². The van der Waals surface area contributed by atoms with E-state index in [1.54, 1.807) is 0 Å². The molecular weight excluding hydrogens is 108 g/mol. The molecule has 0 fully saturated rings. The first-order valence-corrected chi connectivity index (χ1v) is 1.93. The van der Waals surface area contributed by atoms with Gasteiger partial charge in [0, 0.05) is 0 Å². The molecule has 1 rings (SSSR count). The summed E-state index contributed by atoms with van der Waals surface area (Å²) in [6, 6.07) is 0. The van der Waals surface area contributed by atoms with Crippen molar-refractivity contribution in [2.75, 3.05) is 5.73 Å². The van der Waals surface area contributed by atoms with Crippen molar-refractivity contribution >= 4 is 5.95 Å². The lowest BCUT2D eigenvalue weighted by Crippen LogP contribution is -1.94. The molecule has 0 amide bonds. The predicted octanol–water partition coefficient (Wildman–Crippen LogP) is -0.841. The van der Waals surface area contributed by atoms with Crippen LogP contribution >= 0.6 is 0 Å². The summed E-state index contributed by atoms with van der Waals surface area (Å²) in [5, 5.41) is 15.1. The van der Waals surface area contributed by atoms with Crippen LogP contribution in [0.4, 0.5) is 5.95 Å². The maximum atomic E-state index is 8.52. The zero-order valence-electron chi connectivity index (χ0n) is 3.94. The molecule has 5 nitrogen and oxygen atoms in total. The Morgan fingerprint density at radius 1 is 1.62 bits per heavy atom. The molecule has 1 aromatic heterocycles. The average Bonchev–Trinajstić information content (AvgIpc) is 1.64. The standard InChI is InChI=1S/C3H4N4O/c4-3-6-2(8)1-5-7-3/h1H,(H3,4,6,7,8). The summed E-state index contributed by atoms with van der Waals surface area (Å²) in [6.45, 7) is 0. The number of hydrogen-bond donors (Lipinski definition) is 2. The van der Waals surface area contributed by atoms with Crippen LogP contribution in [-0.2, 0) is 0 Å². The minimum atomic E-state index is -0.211. The van der Waals surface area contributed by atoms with Crippen molar-refractivity contribution in [2.24, 2.45) is 0 Å². The fourth-order valence-electron chi connectivity index (χ4n) is 0.308. The molecule has 0 radical (unpaired) electrons. The molecule has 0 saturated heterocycles. The minimum Gasteiger partial charge on any atom is -0.492 e. The third-order valence-corrected chi connectivity index (χ3v) is 0.562. The summed E-state index contributed by atoms with van der Waals surface area (Å²) >= 11 is 0. The van der Waals surface area contributed by atoms with Crippen molar-refractivity contribution in [3.05, 3.63) is 6.20 Å². The van der Waals surface area contributed by atoms with Crippen LogP contribution in [0.2, 0.25) is 0 Å². The maximum absolute atomic E-state index is 8.52. The number of anilines is 1. The third-order valence-electron chi connectivity index (χ3n) is 0.562. The number of aromatic hydroxyl groups is 1. The highest BCUT2D eigenvalue weighted by molar-refractivity contribution is 5.15. The zero-order chi connectivity index (χ0) is 5.98. The smallest absolute Gasteiger partial charge is 0.243 e. The van der Waals surface area contributed by atoms with Gasteiger partial charge in [0.2, 0.25) is 11.8 Å². The summed E-state index contributed by atoms with van der Waals surface area (Å²) < 4.78 is 0. The molecule has 3 N–H and O–H groups in total. The van der Waals surface area contributed by atoms with Crippen molar-refractivity contribution < 1.29 is 5.11 Å². The Morgan fingerprint density at radius 2 is 2.38 bits per heavy atom. The van der Waals surface area contributed by atoms with Crippen LogP contribution in [0.15, 0.2) is 6.20 Å². The van der Waals surface area contributed by atoms with Crippen molar-refractivity contribution in [1.29, 1.82) is 0 Å². The van der Waals surface area contributed by atoms with E-state index in [1.807, 2.05) is 0 Å². The van der Waals surface area contributed by atoms with Crippen LogP contribution in [0.5, 0.6) is 5.88 Å². The molecule has 0 atom stereocenters. The highest BCUT2D eigenvalue weighted by Crippen LogP contribution is 1.97. The molecule has 5 heteroatoms. The summed E-state index contributed by atoms with van der Waals surface area (Å²) in [5.74, 6) is -0.234. The maximum Gasteiger partial charge on any atom is 0.243 e. The fraction of sp³-hybridized carbons (Fsp3) is 0. The van der Waals surface area contributed by atoms with Gasteiger partial charge >= 0.3 is 0 Å². The molecule has 0 unspecified atom stereocenters. The van der Waals surface area contributed by atoms with E-state index in [-0.39, 0.29) is 11.8 Å². The second kappa shape index (κ2) is 1.61. The van der Waals surface area contributed by atoms with E-state index in [4.69, 9.17) is 10.8 Å². The molecule has 42 valence electrons. The van der Waals surface area contributed by atoms with E-state index in [9.17, 15) is 0 Å². The topological polar surface area (TPSA) is 84.9 Å². The van der Waals surface area contributed by atoms with E-state index >= 15 is 0 Å². The van der Waals surface area contributed by atoms with Crippen molar-refractivity contribution in [3.8, 4) is 5.88 Å². The van der Waals surface area contributed by atoms with Gasteiger partial charge in [0.05, 0.1) is 0 Å². The molecule has 1 aromatic rings. The van der Waals surface area contributed by atoms with Crippen molar-refractivity contribution in [1.82, 2.24) is 15.2 Å². The normalized spacial score (nSPS) is 9.00. The quantitative estimate of drug-likeness (QED) is 0.457. The number of rotatable bonds is 0. The SMILES string of the molecule is Nc1nncc(O)n1. The lowest BCUT2D eigenvalue weighted by molar-refractivity contribution is 0.448. The summed E-state index contributed by atoms with van der Waals surface area (Å²) in [7, 11) is 0. The first-order valence-electron chi connectivity index (χ1n) is 1.93. The Bertz CT molecular complexity index is 171. The molecule has 0 aliphatic heterocycles. The molecule has 0 aromatic carbocycles. The van der Waals surface area contributed by atoms with Gasteiger partial charge in [0.25, 0.3) is 0 Å². The minimum absolute atomic E-state index is 0.0231. The van der Waals surface area contributed by atoms with Gasteiger partial charge in [0.1, 0.15) is 6.20 Å². The van der Waals surface area contributed by atoms with Crippen LogP contribution < -0.4 is 5.73 Å². The Morgan fingerprint density at radius 3 is 2.75 bits per heavy atom. The first-order chi connectivity index (χ1) is 3.79. The number of aromatic nitrogens is 3. The van der Waals surface area contributed by atoms with E-state index in [0.29, 0.717) is 0 Å². The van der Waals surface area contributed by atoms with E-state index < -0.39 is 0 Å². The Balaban J connectivity index is 3.08. The Hall–Kier alpha value is -1.39. The van der Waals surface area contributed by atoms with Gasteiger partial charge in [0.15, 0.2) is 0 Å². The molecule has 0 spiro atoms. The summed E-state index contributed by atoms with van der Waals surface area (Å²) in [6.07, 6.45) is 1.11. The lowest BCUT2D eigenvalue weighted by Gasteiger charge is -1.86. The van der Waals surface area contributed by atoms with Gasteiger partial charge < -0.3 is 10.8 Å². The summed E-state index contributed by atoms with van der Waals surface area (Å²) in [4.78, 5) is 3.33. The van der Waals surface area contributed by atoms with Gasteiger partial charge in [-0.2, -0.15) is 4.98 Å². The van der Waals surface area contributed by atoms with Crippen molar-refractivity contribution in [3.63, 3.8) is 0 Å². The van der Waals surface area contributed by atoms with Gasteiger partial charge in [-0.1, -0.05) is 0 Å². The van der Waals surface area contributed by atoms with Crippen LogP contribution in [0, 0.1) is 0 Å². The number of hydrogen-bond acceptors (Lipinski definition) is 5. The molecule has 0 saturated carbocycles. The van der Waals surface area contributed by atoms with Gasteiger partial charge in [-0.15, -0.1) is 10.2 Å². The second-order valence-electron chi connectivity index (χ2n) is 1.17. The molecule has 0 aliphatic carbocycles. The Kier molecular flexibility index (Phi) is 0.957. The number of nitrogen functional groups attached to an aromatic ring is 1. The third kappa shape index (κ3) is 0.810. The molecular formula is C3H4N4O. The lowest BCUT2D eigenvalue weighted by atomic mass is 10.8. The average molecular weight is 112 g/mol. The molecule has 8 heavy (non-hydrogen) atoms. The van der Waals surface area contributed by atoms with Crippen LogP contribution in [0.1, 0.15) is 0 Å². The Labute approximate surface area is 45.2 Å².